The van der Waals surface area contributed by atoms with Gasteiger partial charge in [0.25, 0.3) is 0 Å². The van der Waals surface area contributed by atoms with E-state index in [0.717, 1.165) is 11.5 Å². The molecule has 0 radical (unpaired) electrons. The molecule has 0 saturated heterocycles. The van der Waals surface area contributed by atoms with Gasteiger partial charge < -0.3 is 4.74 Å². The maximum atomic E-state index is 12.3. The highest BCUT2D eigenvalue weighted by Crippen LogP contribution is 2.31. The summed E-state index contributed by atoms with van der Waals surface area (Å²) in [4.78, 5) is 16.9. The SMILES string of the molecule is CC(CC(=O)c1ccccc1)=Nc1ccccc1Oc1ccccc1. The molecule has 0 saturated carbocycles. The van der Waals surface area contributed by atoms with Crippen molar-refractivity contribution in [1.29, 1.82) is 0 Å². The Morgan fingerprint density at radius 3 is 2.16 bits per heavy atom. The fraction of sp³-hybridized carbons (Fsp3) is 0.0909. The number of aliphatic imine (C=N–C) groups is 1. The normalized spacial score (nSPS) is 11.2. The van der Waals surface area contributed by atoms with Gasteiger partial charge in [-0.25, -0.2) is 0 Å². The molecule has 3 rings (SSSR count). The molecule has 0 unspecified atom stereocenters. The van der Waals surface area contributed by atoms with Crippen molar-refractivity contribution in [3.05, 3.63) is 90.5 Å². The lowest BCUT2D eigenvalue weighted by molar-refractivity contribution is 0.100. The predicted octanol–water partition coefficient (Wildman–Crippen LogP) is 5.84. The van der Waals surface area contributed by atoms with Crippen LogP contribution < -0.4 is 4.74 Å². The van der Waals surface area contributed by atoms with Gasteiger partial charge in [-0.3, -0.25) is 9.79 Å². The number of hydrogen-bond donors (Lipinski definition) is 0. The molecule has 0 aliphatic heterocycles. The largest absolute Gasteiger partial charge is 0.455 e. The van der Waals surface area contributed by atoms with Crippen LogP contribution >= 0.6 is 0 Å². The van der Waals surface area contributed by atoms with Gasteiger partial charge in [0.05, 0.1) is 0 Å². The summed E-state index contributed by atoms with van der Waals surface area (Å²) < 4.78 is 5.91. The Labute approximate surface area is 147 Å². The average molecular weight is 329 g/mol. The number of nitrogens with zero attached hydrogens (tertiary/aromatic N) is 1. The number of carbonyl (C=O) groups is 1. The van der Waals surface area contributed by atoms with E-state index in [1.165, 1.54) is 0 Å². The Bertz CT molecular complexity index is 871. The molecule has 0 N–H and O–H groups in total. The minimum Gasteiger partial charge on any atom is -0.455 e. The van der Waals surface area contributed by atoms with Gasteiger partial charge in [0, 0.05) is 17.7 Å². The second-order valence-electron chi connectivity index (χ2n) is 5.70. The number of hydrogen-bond acceptors (Lipinski definition) is 3. The molecule has 124 valence electrons. The molecule has 0 spiro atoms. The first-order valence-electron chi connectivity index (χ1n) is 8.17. The predicted molar refractivity (Wildman–Crippen MR) is 101 cm³/mol. The van der Waals surface area contributed by atoms with Gasteiger partial charge in [-0.2, -0.15) is 0 Å². The van der Waals surface area contributed by atoms with Crippen molar-refractivity contribution in [1.82, 2.24) is 0 Å². The molecular weight excluding hydrogens is 310 g/mol. The van der Waals surface area contributed by atoms with Crippen molar-refractivity contribution in [2.45, 2.75) is 13.3 Å². The third-order valence-electron chi connectivity index (χ3n) is 3.66. The standard InChI is InChI=1S/C22H19NO2/c1-17(16-21(24)18-10-4-2-5-11-18)23-20-14-8-9-15-22(20)25-19-12-6-3-7-13-19/h2-15H,16H2,1H3. The molecular formula is C22H19NO2. The van der Waals surface area contributed by atoms with E-state index in [1.54, 1.807) is 0 Å². The zero-order valence-electron chi connectivity index (χ0n) is 14.1. The first-order valence-corrected chi connectivity index (χ1v) is 8.17. The molecule has 0 amide bonds. The van der Waals surface area contributed by atoms with Gasteiger partial charge in [-0.1, -0.05) is 60.7 Å². The topological polar surface area (TPSA) is 38.7 Å². The Kier molecular flexibility index (Phi) is 5.37. The molecule has 0 atom stereocenters. The highest BCUT2D eigenvalue weighted by atomic mass is 16.5. The lowest BCUT2D eigenvalue weighted by Crippen LogP contribution is -2.05. The van der Waals surface area contributed by atoms with Crippen molar-refractivity contribution < 1.29 is 9.53 Å². The zero-order chi connectivity index (χ0) is 17.5. The van der Waals surface area contributed by atoms with Crippen LogP contribution in [0.25, 0.3) is 0 Å². The Morgan fingerprint density at radius 2 is 1.44 bits per heavy atom. The van der Waals surface area contributed by atoms with E-state index in [-0.39, 0.29) is 12.2 Å². The van der Waals surface area contributed by atoms with Crippen LogP contribution in [0.4, 0.5) is 5.69 Å². The van der Waals surface area contributed by atoms with Crippen molar-refractivity contribution >= 4 is 17.2 Å². The number of ether oxygens (including phenoxy) is 1. The molecule has 3 heteroatoms. The van der Waals surface area contributed by atoms with Crippen LogP contribution in [0.3, 0.4) is 0 Å². The van der Waals surface area contributed by atoms with Crippen LogP contribution in [0.15, 0.2) is 89.9 Å². The fourth-order valence-electron chi connectivity index (χ4n) is 2.45. The maximum absolute atomic E-state index is 12.3. The van der Waals surface area contributed by atoms with Gasteiger partial charge in [0.15, 0.2) is 11.5 Å². The molecule has 3 nitrogen and oxygen atoms in total. The number of Topliss-reactive ketones (excluding diaryl/α,β-unsaturated/α-hetero) is 1. The van der Waals surface area contributed by atoms with Crippen LogP contribution in [0.5, 0.6) is 11.5 Å². The first-order chi connectivity index (χ1) is 12.2. The fourth-order valence-corrected chi connectivity index (χ4v) is 2.45. The van der Waals surface area contributed by atoms with E-state index in [9.17, 15) is 4.79 Å². The summed E-state index contributed by atoms with van der Waals surface area (Å²) in [5, 5.41) is 0. The molecule has 25 heavy (non-hydrogen) atoms. The third-order valence-corrected chi connectivity index (χ3v) is 3.66. The molecule has 0 heterocycles. The van der Waals surface area contributed by atoms with E-state index in [1.807, 2.05) is 91.9 Å². The summed E-state index contributed by atoms with van der Waals surface area (Å²) in [7, 11) is 0. The number of para-hydroxylation sites is 3. The van der Waals surface area contributed by atoms with Crippen LogP contribution in [0.1, 0.15) is 23.7 Å². The molecule has 0 aliphatic carbocycles. The maximum Gasteiger partial charge on any atom is 0.168 e. The Morgan fingerprint density at radius 1 is 0.840 bits per heavy atom. The second kappa shape index (κ2) is 8.06. The quantitative estimate of drug-likeness (QED) is 0.420. The highest BCUT2D eigenvalue weighted by Gasteiger charge is 2.09. The number of carbonyl (C=O) groups excluding carboxylic acids is 1. The minimum atomic E-state index is 0.0586. The number of rotatable bonds is 6. The van der Waals surface area contributed by atoms with Crippen molar-refractivity contribution in [3.8, 4) is 11.5 Å². The van der Waals surface area contributed by atoms with E-state index in [4.69, 9.17) is 4.74 Å². The summed E-state index contributed by atoms with van der Waals surface area (Å²) in [6.07, 6.45) is 0.281. The summed E-state index contributed by atoms with van der Waals surface area (Å²) in [6.45, 7) is 1.86. The molecule has 0 bridgehead atoms. The van der Waals surface area contributed by atoms with Crippen molar-refractivity contribution in [3.63, 3.8) is 0 Å². The molecule has 3 aromatic carbocycles. The Hall–Kier alpha value is -3.20. The Balaban J connectivity index is 1.77. The first kappa shape index (κ1) is 16.7. The number of benzene rings is 3. The third kappa shape index (κ3) is 4.64. The summed E-state index contributed by atoms with van der Waals surface area (Å²) in [5.41, 5.74) is 2.16. The highest BCUT2D eigenvalue weighted by molar-refractivity contribution is 6.09. The van der Waals surface area contributed by atoms with Crippen LogP contribution in [0, 0.1) is 0 Å². The van der Waals surface area contributed by atoms with Crippen LogP contribution in [-0.2, 0) is 0 Å². The van der Waals surface area contributed by atoms with Gasteiger partial charge in [0.1, 0.15) is 11.4 Å². The lowest BCUT2D eigenvalue weighted by Gasteiger charge is -2.09. The molecule has 3 aromatic rings. The van der Waals surface area contributed by atoms with Gasteiger partial charge in [-0.15, -0.1) is 0 Å². The summed E-state index contributed by atoms with van der Waals surface area (Å²) in [6, 6.07) is 26.4. The van der Waals surface area contributed by atoms with E-state index < -0.39 is 0 Å². The minimum absolute atomic E-state index is 0.0586. The molecule has 0 aromatic heterocycles. The zero-order valence-corrected chi connectivity index (χ0v) is 14.1. The van der Waals surface area contributed by atoms with E-state index in [0.29, 0.717) is 17.0 Å². The average Bonchev–Trinajstić information content (AvgIpc) is 2.65. The molecule has 0 aliphatic rings. The van der Waals surface area contributed by atoms with Crippen LogP contribution in [0.2, 0.25) is 0 Å². The van der Waals surface area contributed by atoms with Gasteiger partial charge in [0.2, 0.25) is 0 Å². The number of ketones is 1. The van der Waals surface area contributed by atoms with E-state index in [2.05, 4.69) is 4.99 Å². The lowest BCUT2D eigenvalue weighted by atomic mass is 10.1. The second-order valence-corrected chi connectivity index (χ2v) is 5.70. The van der Waals surface area contributed by atoms with E-state index >= 15 is 0 Å². The van der Waals surface area contributed by atoms with Gasteiger partial charge >= 0.3 is 0 Å². The van der Waals surface area contributed by atoms with Gasteiger partial charge in [-0.05, 0) is 31.2 Å². The van der Waals surface area contributed by atoms with Crippen LogP contribution in [-0.4, -0.2) is 11.5 Å². The monoisotopic (exact) mass is 329 g/mol. The molecule has 0 fully saturated rings. The van der Waals surface area contributed by atoms with Crippen molar-refractivity contribution in [2.24, 2.45) is 4.99 Å². The summed E-state index contributed by atoms with van der Waals surface area (Å²) >= 11 is 0. The van der Waals surface area contributed by atoms with Crippen molar-refractivity contribution in [2.75, 3.05) is 0 Å². The smallest absolute Gasteiger partial charge is 0.168 e. The summed E-state index contributed by atoms with van der Waals surface area (Å²) in [5.74, 6) is 1.48.